The van der Waals surface area contributed by atoms with Gasteiger partial charge in [0.25, 0.3) is 0 Å². The molecule has 5 nitrogen and oxygen atoms in total. The van der Waals surface area contributed by atoms with Gasteiger partial charge in [-0.25, -0.2) is 0 Å². The van der Waals surface area contributed by atoms with Crippen molar-refractivity contribution in [2.75, 3.05) is 5.32 Å². The summed E-state index contributed by atoms with van der Waals surface area (Å²) in [4.78, 5) is 23.6. The number of carbonyl (C=O) groups excluding carboxylic acids is 2. The monoisotopic (exact) mass is 366 g/mol. The van der Waals surface area contributed by atoms with Crippen LogP contribution in [0.3, 0.4) is 0 Å². The molecular formula is C18H17F3N2O3. The van der Waals surface area contributed by atoms with E-state index >= 15 is 0 Å². The Morgan fingerprint density at radius 3 is 2.19 bits per heavy atom. The summed E-state index contributed by atoms with van der Waals surface area (Å²) in [5.74, 6) is -1.05. The maximum atomic E-state index is 12.2. The number of amides is 2. The van der Waals surface area contributed by atoms with E-state index in [1.54, 1.807) is 24.3 Å². The van der Waals surface area contributed by atoms with E-state index in [0.29, 0.717) is 5.69 Å². The molecule has 26 heavy (non-hydrogen) atoms. The second-order valence-corrected chi connectivity index (χ2v) is 5.49. The summed E-state index contributed by atoms with van der Waals surface area (Å²) < 4.78 is 40.2. The number of benzene rings is 2. The van der Waals surface area contributed by atoms with Gasteiger partial charge in [0.1, 0.15) is 5.75 Å². The largest absolute Gasteiger partial charge is 0.573 e. The van der Waals surface area contributed by atoms with Gasteiger partial charge in [-0.05, 0) is 29.8 Å². The van der Waals surface area contributed by atoms with Crippen molar-refractivity contribution in [1.29, 1.82) is 0 Å². The third-order valence-corrected chi connectivity index (χ3v) is 3.34. The van der Waals surface area contributed by atoms with E-state index < -0.39 is 18.3 Å². The number of halogens is 3. The van der Waals surface area contributed by atoms with Crippen LogP contribution in [0.5, 0.6) is 5.75 Å². The lowest BCUT2D eigenvalue weighted by Gasteiger charge is -2.18. The van der Waals surface area contributed by atoms with Crippen LogP contribution in [0.1, 0.15) is 24.9 Å². The van der Waals surface area contributed by atoms with Gasteiger partial charge in [0.15, 0.2) is 0 Å². The highest BCUT2D eigenvalue weighted by molar-refractivity contribution is 5.91. The highest BCUT2D eigenvalue weighted by Gasteiger charge is 2.31. The number of anilines is 1. The predicted molar refractivity (Wildman–Crippen MR) is 89.4 cm³/mol. The molecule has 1 atom stereocenters. The van der Waals surface area contributed by atoms with Crippen LogP contribution in [0.2, 0.25) is 0 Å². The summed E-state index contributed by atoms with van der Waals surface area (Å²) in [7, 11) is 0. The molecule has 2 N–H and O–H groups in total. The Bertz CT molecular complexity index is 747. The standard InChI is InChI=1S/C18H17F3N2O3/c1-12(24)22-16(13-5-3-2-4-6-13)11-17(25)23-14-7-9-15(10-8-14)26-18(19,20)21/h2-10,16H,11H2,1H3,(H,22,24)(H,23,25). The number of rotatable bonds is 6. The van der Waals surface area contributed by atoms with Gasteiger partial charge in [0.05, 0.1) is 12.5 Å². The Balaban J connectivity index is 2.00. The summed E-state index contributed by atoms with van der Waals surface area (Å²) in [6.07, 6.45) is -4.80. The van der Waals surface area contributed by atoms with Gasteiger partial charge in [-0.3, -0.25) is 9.59 Å². The van der Waals surface area contributed by atoms with Crippen molar-refractivity contribution in [3.63, 3.8) is 0 Å². The highest BCUT2D eigenvalue weighted by atomic mass is 19.4. The van der Waals surface area contributed by atoms with Gasteiger partial charge in [-0.1, -0.05) is 30.3 Å². The maximum absolute atomic E-state index is 12.2. The minimum absolute atomic E-state index is 0.0234. The molecule has 0 bridgehead atoms. The molecule has 2 aromatic carbocycles. The molecule has 0 saturated carbocycles. The average molecular weight is 366 g/mol. The van der Waals surface area contributed by atoms with Crippen LogP contribution in [0.4, 0.5) is 18.9 Å². The molecule has 0 aromatic heterocycles. The van der Waals surface area contributed by atoms with Gasteiger partial charge in [0, 0.05) is 12.6 Å². The Kier molecular flexibility index (Phi) is 6.21. The van der Waals surface area contributed by atoms with E-state index in [-0.39, 0.29) is 18.1 Å². The smallest absolute Gasteiger partial charge is 0.406 e. The molecule has 0 aliphatic rings. The summed E-state index contributed by atoms with van der Waals surface area (Å²) in [6, 6.07) is 13.3. The normalized spacial score (nSPS) is 12.2. The number of nitrogens with one attached hydrogen (secondary N) is 2. The van der Waals surface area contributed by atoms with E-state index in [0.717, 1.165) is 17.7 Å². The molecule has 2 rings (SSSR count). The van der Waals surface area contributed by atoms with Crippen molar-refractivity contribution in [3.8, 4) is 5.75 Å². The van der Waals surface area contributed by atoms with Crippen LogP contribution in [0, 0.1) is 0 Å². The van der Waals surface area contributed by atoms with E-state index in [1.807, 2.05) is 6.07 Å². The van der Waals surface area contributed by atoms with Gasteiger partial charge in [-0.2, -0.15) is 0 Å². The lowest BCUT2D eigenvalue weighted by molar-refractivity contribution is -0.274. The van der Waals surface area contributed by atoms with Gasteiger partial charge >= 0.3 is 6.36 Å². The fourth-order valence-electron chi connectivity index (χ4n) is 2.32. The molecule has 0 aliphatic heterocycles. The summed E-state index contributed by atoms with van der Waals surface area (Å²) in [6.45, 7) is 1.35. The van der Waals surface area contributed by atoms with E-state index in [4.69, 9.17) is 0 Å². The molecule has 0 spiro atoms. The van der Waals surface area contributed by atoms with E-state index in [9.17, 15) is 22.8 Å². The maximum Gasteiger partial charge on any atom is 0.573 e. The Labute approximate surface area is 148 Å². The average Bonchev–Trinajstić information content (AvgIpc) is 2.55. The van der Waals surface area contributed by atoms with Crippen LogP contribution >= 0.6 is 0 Å². The Morgan fingerprint density at radius 2 is 1.65 bits per heavy atom. The zero-order valence-corrected chi connectivity index (χ0v) is 13.8. The van der Waals surface area contributed by atoms with Crippen LogP contribution < -0.4 is 15.4 Å². The summed E-state index contributed by atoms with van der Waals surface area (Å²) in [5, 5.41) is 5.28. The molecule has 0 heterocycles. The van der Waals surface area contributed by atoms with Crippen LogP contribution in [-0.4, -0.2) is 18.2 Å². The SMILES string of the molecule is CC(=O)NC(CC(=O)Nc1ccc(OC(F)(F)F)cc1)c1ccccc1. The van der Waals surface area contributed by atoms with Crippen LogP contribution in [0.25, 0.3) is 0 Å². The molecule has 0 aliphatic carbocycles. The third kappa shape index (κ3) is 6.46. The first kappa shape index (κ1) is 19.3. The predicted octanol–water partition coefficient (Wildman–Crippen LogP) is 3.79. The van der Waals surface area contributed by atoms with E-state index in [1.165, 1.54) is 19.1 Å². The number of hydrogen-bond acceptors (Lipinski definition) is 3. The van der Waals surface area contributed by atoms with Crippen molar-refractivity contribution in [3.05, 3.63) is 60.2 Å². The first-order valence-electron chi connectivity index (χ1n) is 7.70. The lowest BCUT2D eigenvalue weighted by atomic mass is 10.0. The second-order valence-electron chi connectivity index (χ2n) is 5.49. The van der Waals surface area contributed by atoms with Crippen molar-refractivity contribution in [2.24, 2.45) is 0 Å². The molecule has 0 radical (unpaired) electrons. The third-order valence-electron chi connectivity index (χ3n) is 3.34. The first-order valence-corrected chi connectivity index (χ1v) is 7.70. The first-order chi connectivity index (χ1) is 12.2. The van der Waals surface area contributed by atoms with E-state index in [2.05, 4.69) is 15.4 Å². The van der Waals surface area contributed by atoms with Crippen molar-refractivity contribution >= 4 is 17.5 Å². The van der Waals surface area contributed by atoms with Gasteiger partial charge in [-0.15, -0.1) is 13.2 Å². The highest BCUT2D eigenvalue weighted by Crippen LogP contribution is 2.24. The van der Waals surface area contributed by atoms with Crippen molar-refractivity contribution < 1.29 is 27.5 Å². The second kappa shape index (κ2) is 8.37. The molecule has 0 fully saturated rings. The van der Waals surface area contributed by atoms with Crippen LogP contribution in [0.15, 0.2) is 54.6 Å². The van der Waals surface area contributed by atoms with Crippen molar-refractivity contribution in [2.45, 2.75) is 25.7 Å². The number of ether oxygens (including phenoxy) is 1. The minimum Gasteiger partial charge on any atom is -0.406 e. The van der Waals surface area contributed by atoms with Gasteiger partial charge < -0.3 is 15.4 Å². The fourth-order valence-corrected chi connectivity index (χ4v) is 2.32. The lowest BCUT2D eigenvalue weighted by Crippen LogP contribution is -2.29. The zero-order chi connectivity index (χ0) is 19.2. The topological polar surface area (TPSA) is 67.4 Å². The molecule has 0 saturated heterocycles. The number of hydrogen-bond donors (Lipinski definition) is 2. The van der Waals surface area contributed by atoms with Crippen LogP contribution in [-0.2, 0) is 9.59 Å². The minimum atomic E-state index is -4.77. The molecular weight excluding hydrogens is 349 g/mol. The Morgan fingerprint density at radius 1 is 1.04 bits per heavy atom. The summed E-state index contributed by atoms with van der Waals surface area (Å²) >= 11 is 0. The molecule has 8 heteroatoms. The molecule has 2 aromatic rings. The summed E-state index contributed by atoms with van der Waals surface area (Å²) in [5.41, 5.74) is 1.09. The fraction of sp³-hybridized carbons (Fsp3) is 0.222. The molecule has 138 valence electrons. The van der Waals surface area contributed by atoms with Gasteiger partial charge in [0.2, 0.25) is 11.8 Å². The Hall–Kier alpha value is -3.03. The number of alkyl halides is 3. The molecule has 1 unspecified atom stereocenters. The zero-order valence-electron chi connectivity index (χ0n) is 13.8. The van der Waals surface area contributed by atoms with Crippen molar-refractivity contribution in [1.82, 2.24) is 5.32 Å². The quantitative estimate of drug-likeness (QED) is 0.817. The molecule has 2 amide bonds. The number of carbonyl (C=O) groups is 2.